The normalized spacial score (nSPS) is 10.9. The molecule has 3 aromatic carbocycles. The molecular formula is C31H44O2Si. The summed E-state index contributed by atoms with van der Waals surface area (Å²) in [5.74, 6) is 0.951. The van der Waals surface area contributed by atoms with Gasteiger partial charge in [-0.1, -0.05) is 132 Å². The lowest BCUT2D eigenvalue weighted by Crippen LogP contribution is -2.58. The fourth-order valence-corrected chi connectivity index (χ4v) is 7.48. The predicted molar refractivity (Wildman–Crippen MR) is 150 cm³/mol. The zero-order chi connectivity index (χ0) is 24.5. The maximum absolute atomic E-state index is 11.2. The van der Waals surface area contributed by atoms with Crippen LogP contribution in [-0.4, -0.2) is 20.2 Å². The van der Waals surface area contributed by atoms with Crippen LogP contribution < -0.4 is 15.1 Å². The number of methoxy groups -OCH3 is 1. The Bertz CT molecular complexity index is 839. The molecule has 0 radical (unpaired) electrons. The van der Waals surface area contributed by atoms with E-state index in [9.17, 15) is 4.80 Å². The molecule has 0 unspecified atom stereocenters. The average Bonchev–Trinajstić information content (AvgIpc) is 2.91. The van der Waals surface area contributed by atoms with Gasteiger partial charge in [0.05, 0.1) is 7.11 Å². The van der Waals surface area contributed by atoms with Gasteiger partial charge >= 0.3 is 0 Å². The zero-order valence-electron chi connectivity index (χ0n) is 21.5. The third-order valence-corrected chi connectivity index (χ3v) is 10.0. The lowest BCUT2D eigenvalue weighted by atomic mass is 10.1. The number of benzene rings is 3. The van der Waals surface area contributed by atoms with Crippen molar-refractivity contribution in [2.24, 2.45) is 0 Å². The summed E-state index contributed by atoms with van der Waals surface area (Å²) < 4.78 is 5.14. The monoisotopic (exact) mass is 476 g/mol. The van der Waals surface area contributed by atoms with E-state index in [-0.39, 0.29) is 0 Å². The summed E-state index contributed by atoms with van der Waals surface area (Å²) in [7, 11) is -0.812. The molecule has 0 saturated carbocycles. The predicted octanol–water partition coefficient (Wildman–Crippen LogP) is 7.14. The third-order valence-electron chi connectivity index (χ3n) is 6.37. The van der Waals surface area contributed by atoms with Crippen LogP contribution >= 0.6 is 0 Å². The minimum Gasteiger partial charge on any atom is -0.497 e. The molecule has 0 bridgehead atoms. The van der Waals surface area contributed by atoms with E-state index in [0.29, 0.717) is 0 Å². The number of rotatable bonds is 13. The van der Waals surface area contributed by atoms with E-state index in [2.05, 4.69) is 50.2 Å². The molecule has 0 spiro atoms. The molecule has 2 nitrogen and oxygen atoms in total. The first kappa shape index (κ1) is 27.9. The van der Waals surface area contributed by atoms with Crippen molar-refractivity contribution in [1.29, 1.82) is 0 Å². The summed E-state index contributed by atoms with van der Waals surface area (Å²) in [6.45, 7) is 4.43. The molecule has 3 heteroatoms. The molecule has 1 N–H and O–H groups in total. The Balaban J connectivity index is 0.000000242. The van der Waals surface area contributed by atoms with Gasteiger partial charge in [-0.25, -0.2) is 0 Å². The number of aryl methyl sites for hydroxylation is 1. The summed E-state index contributed by atoms with van der Waals surface area (Å²) in [4.78, 5) is 11.2. The van der Waals surface area contributed by atoms with Crippen LogP contribution in [0.2, 0.25) is 6.04 Å². The van der Waals surface area contributed by atoms with E-state index in [1.165, 1.54) is 50.5 Å². The van der Waals surface area contributed by atoms with E-state index in [1.807, 2.05) is 48.5 Å². The summed E-state index contributed by atoms with van der Waals surface area (Å²) in [6, 6.07) is 29.7. The van der Waals surface area contributed by atoms with Crippen LogP contribution in [0.1, 0.15) is 70.8 Å². The molecule has 0 atom stereocenters. The fraction of sp³-hybridized carbons (Fsp3) is 0.419. The van der Waals surface area contributed by atoms with Gasteiger partial charge in [0.15, 0.2) is 0 Å². The van der Waals surface area contributed by atoms with Crippen LogP contribution in [0.5, 0.6) is 5.75 Å². The lowest BCUT2D eigenvalue weighted by molar-refractivity contribution is 0.414. The summed E-state index contributed by atoms with van der Waals surface area (Å²) in [5, 5.41) is 2.23. The molecule has 3 aromatic rings. The third kappa shape index (κ3) is 9.48. The highest BCUT2D eigenvalue weighted by Crippen LogP contribution is 2.15. The van der Waals surface area contributed by atoms with Gasteiger partial charge < -0.3 is 9.53 Å². The number of hydrogen-bond acceptors (Lipinski definition) is 2. The van der Waals surface area contributed by atoms with Gasteiger partial charge in [0.2, 0.25) is 0 Å². The summed E-state index contributed by atoms with van der Waals surface area (Å²) in [5.41, 5.74) is 1.43. The van der Waals surface area contributed by atoms with Gasteiger partial charge in [0.1, 0.15) is 5.75 Å². The standard InChI is InChI=1S/C16H20OSi.C15H24O/c1-2-3-14-18(17,15-10-6-4-7-11-15)16-12-8-5-9-13-16;1-3-4-5-6-7-8-9-14-10-12-15(16-2)13-11-14/h4-13,17H,2-3,14H2,1H3;10-13H,3-9H2,1-2H3. The molecule has 0 saturated heterocycles. The highest BCUT2D eigenvalue weighted by molar-refractivity contribution is 6.96. The SMILES string of the molecule is CCCCCCCCc1ccc(OC)cc1.CCCC[Si](O)(c1ccccc1)c1ccccc1. The second-order valence-electron chi connectivity index (χ2n) is 9.06. The Morgan fingerprint density at radius 3 is 1.62 bits per heavy atom. The van der Waals surface area contributed by atoms with E-state index in [1.54, 1.807) is 7.11 Å². The topological polar surface area (TPSA) is 29.5 Å². The molecule has 0 fully saturated rings. The molecule has 0 amide bonds. The van der Waals surface area contributed by atoms with Crippen LogP contribution in [0, 0.1) is 0 Å². The summed E-state index contributed by atoms with van der Waals surface area (Å²) in [6.07, 6.45) is 11.6. The van der Waals surface area contributed by atoms with Crippen molar-refractivity contribution in [3.8, 4) is 5.75 Å². The van der Waals surface area contributed by atoms with Gasteiger partial charge in [-0.05, 0) is 47.0 Å². The number of ether oxygens (including phenoxy) is 1. The van der Waals surface area contributed by atoms with E-state index in [4.69, 9.17) is 4.74 Å². The lowest BCUT2D eigenvalue weighted by Gasteiger charge is -2.26. The second kappa shape index (κ2) is 16.3. The van der Waals surface area contributed by atoms with Crippen molar-refractivity contribution in [2.45, 2.75) is 77.7 Å². The smallest absolute Gasteiger partial charge is 0.252 e. The maximum atomic E-state index is 11.2. The van der Waals surface area contributed by atoms with Crippen molar-refractivity contribution in [2.75, 3.05) is 7.11 Å². The number of unbranched alkanes of at least 4 members (excludes halogenated alkanes) is 6. The van der Waals surface area contributed by atoms with E-state index >= 15 is 0 Å². The van der Waals surface area contributed by atoms with E-state index in [0.717, 1.165) is 35.0 Å². The molecule has 0 aromatic heterocycles. The first-order valence-corrected chi connectivity index (χ1v) is 15.3. The molecule has 184 valence electrons. The molecule has 34 heavy (non-hydrogen) atoms. The van der Waals surface area contributed by atoms with Crippen molar-refractivity contribution in [3.05, 3.63) is 90.5 Å². The first-order chi connectivity index (χ1) is 16.6. The van der Waals surface area contributed by atoms with Gasteiger partial charge in [-0.15, -0.1) is 0 Å². The molecular weight excluding hydrogens is 432 g/mol. The molecule has 0 aliphatic rings. The van der Waals surface area contributed by atoms with Crippen molar-refractivity contribution in [1.82, 2.24) is 0 Å². The largest absolute Gasteiger partial charge is 0.497 e. The van der Waals surface area contributed by atoms with Gasteiger partial charge in [0.25, 0.3) is 8.32 Å². The van der Waals surface area contributed by atoms with Crippen molar-refractivity contribution >= 4 is 18.7 Å². The number of hydrogen-bond donors (Lipinski definition) is 1. The molecule has 0 aliphatic heterocycles. The quantitative estimate of drug-likeness (QED) is 0.210. The highest BCUT2D eigenvalue weighted by Gasteiger charge is 2.34. The Hall–Kier alpha value is -2.36. The van der Waals surface area contributed by atoms with Crippen LogP contribution in [0.15, 0.2) is 84.9 Å². The van der Waals surface area contributed by atoms with Crippen LogP contribution in [0.25, 0.3) is 0 Å². The first-order valence-electron chi connectivity index (χ1n) is 13.1. The van der Waals surface area contributed by atoms with Gasteiger partial charge in [-0.2, -0.15) is 0 Å². The summed E-state index contributed by atoms with van der Waals surface area (Å²) >= 11 is 0. The minimum absolute atomic E-state index is 0.900. The Morgan fingerprint density at radius 1 is 0.618 bits per heavy atom. The van der Waals surface area contributed by atoms with Crippen LogP contribution in [0.4, 0.5) is 0 Å². The van der Waals surface area contributed by atoms with Gasteiger partial charge in [-0.3, -0.25) is 0 Å². The fourth-order valence-electron chi connectivity index (χ4n) is 4.22. The van der Waals surface area contributed by atoms with Gasteiger partial charge in [0, 0.05) is 0 Å². The Labute approximate surface area is 209 Å². The molecule has 0 aliphatic carbocycles. The highest BCUT2D eigenvalue weighted by atomic mass is 28.4. The van der Waals surface area contributed by atoms with E-state index < -0.39 is 8.32 Å². The zero-order valence-corrected chi connectivity index (χ0v) is 22.5. The second-order valence-corrected chi connectivity index (χ2v) is 12.4. The van der Waals surface area contributed by atoms with Crippen molar-refractivity contribution in [3.63, 3.8) is 0 Å². The van der Waals surface area contributed by atoms with Crippen molar-refractivity contribution < 1.29 is 9.53 Å². The van der Waals surface area contributed by atoms with Crippen LogP contribution in [-0.2, 0) is 6.42 Å². The molecule has 0 heterocycles. The maximum Gasteiger partial charge on any atom is 0.252 e. The average molecular weight is 477 g/mol. The Morgan fingerprint density at radius 2 is 1.12 bits per heavy atom. The minimum atomic E-state index is -2.52. The Kier molecular flexibility index (Phi) is 13.4. The molecule has 3 rings (SSSR count). The van der Waals surface area contributed by atoms with Crippen LogP contribution in [0.3, 0.4) is 0 Å².